The number of hydrogen-bond acceptors (Lipinski definition) is 4. The molecule has 6 nitrogen and oxygen atoms in total. The summed E-state index contributed by atoms with van der Waals surface area (Å²) < 4.78 is 20.0. The van der Waals surface area contributed by atoms with Crippen LogP contribution in [0.4, 0.5) is 4.39 Å². The van der Waals surface area contributed by atoms with E-state index in [0.29, 0.717) is 5.75 Å². The van der Waals surface area contributed by atoms with E-state index in [2.05, 4.69) is 15.6 Å². The summed E-state index contributed by atoms with van der Waals surface area (Å²) in [4.78, 5) is 12.0. The molecule has 1 heterocycles. The highest BCUT2D eigenvalue weighted by atomic mass is 19.1. The van der Waals surface area contributed by atoms with E-state index in [1.807, 2.05) is 66.9 Å². The first-order valence-electron chi connectivity index (χ1n) is 9.60. The molecule has 0 aliphatic rings. The predicted octanol–water partition coefficient (Wildman–Crippen LogP) is 4.21. The molecule has 0 aliphatic heterocycles. The lowest BCUT2D eigenvalue weighted by atomic mass is 10.1. The fourth-order valence-corrected chi connectivity index (χ4v) is 2.90. The first kappa shape index (κ1) is 20.0. The molecule has 1 amide bonds. The number of carbonyl (C=O) groups excluding carboxylic acids is 1. The van der Waals surface area contributed by atoms with Crippen molar-refractivity contribution in [1.29, 1.82) is 0 Å². The zero-order valence-corrected chi connectivity index (χ0v) is 16.5. The quantitative estimate of drug-likeness (QED) is 0.364. The number of rotatable bonds is 7. The van der Waals surface area contributed by atoms with Gasteiger partial charge in [0.1, 0.15) is 17.3 Å². The highest BCUT2D eigenvalue weighted by Crippen LogP contribution is 2.22. The van der Waals surface area contributed by atoms with Crippen LogP contribution in [-0.4, -0.2) is 28.5 Å². The highest BCUT2D eigenvalue weighted by Gasteiger charge is 2.11. The molecule has 0 saturated heterocycles. The molecule has 3 aromatic carbocycles. The van der Waals surface area contributed by atoms with Gasteiger partial charge >= 0.3 is 0 Å². The average molecular weight is 414 g/mol. The third-order valence-corrected chi connectivity index (χ3v) is 4.39. The number of amides is 1. The standard InChI is InChI=1S/C24H19FN4O2/c25-20-11-13-22(14-12-20)31-17-23(30)27-26-15-19-16-29(21-9-5-2-6-10-21)28-24(19)18-7-3-1-4-8-18/h1-16H,17H2,(H,27,30)/b26-15+. The van der Waals surface area contributed by atoms with Crippen LogP contribution in [0.15, 0.2) is 96.2 Å². The Morgan fingerprint density at radius 3 is 2.39 bits per heavy atom. The number of para-hydroxylation sites is 1. The van der Waals surface area contributed by atoms with Crippen LogP contribution in [0, 0.1) is 5.82 Å². The number of aromatic nitrogens is 2. The van der Waals surface area contributed by atoms with Gasteiger partial charge in [-0.15, -0.1) is 0 Å². The molecule has 4 rings (SSSR count). The Kier molecular flexibility index (Phi) is 6.13. The summed E-state index contributed by atoms with van der Waals surface area (Å²) in [5, 5.41) is 8.73. The van der Waals surface area contributed by atoms with Crippen molar-refractivity contribution >= 4 is 12.1 Å². The fraction of sp³-hybridized carbons (Fsp3) is 0.0417. The normalized spacial score (nSPS) is 10.9. The van der Waals surface area contributed by atoms with Gasteiger partial charge in [0.05, 0.1) is 11.9 Å². The summed E-state index contributed by atoms with van der Waals surface area (Å²) in [5.74, 6) is -0.403. The van der Waals surface area contributed by atoms with Gasteiger partial charge in [-0.3, -0.25) is 4.79 Å². The van der Waals surface area contributed by atoms with Gasteiger partial charge in [0.25, 0.3) is 5.91 Å². The first-order valence-corrected chi connectivity index (χ1v) is 9.60. The fourth-order valence-electron chi connectivity index (χ4n) is 2.90. The second-order valence-electron chi connectivity index (χ2n) is 6.61. The number of carbonyl (C=O) groups is 1. The summed E-state index contributed by atoms with van der Waals surface area (Å²) in [7, 11) is 0. The van der Waals surface area contributed by atoms with Crippen LogP contribution in [0.25, 0.3) is 16.9 Å². The minimum Gasteiger partial charge on any atom is -0.484 e. The lowest BCUT2D eigenvalue weighted by Gasteiger charge is -2.04. The first-order chi connectivity index (χ1) is 15.2. The lowest BCUT2D eigenvalue weighted by Crippen LogP contribution is -2.24. The number of nitrogens with zero attached hydrogens (tertiary/aromatic N) is 3. The molecule has 4 aromatic rings. The van der Waals surface area contributed by atoms with E-state index >= 15 is 0 Å². The molecule has 0 saturated carbocycles. The number of halogens is 1. The number of nitrogens with one attached hydrogen (secondary N) is 1. The van der Waals surface area contributed by atoms with Crippen LogP contribution < -0.4 is 10.2 Å². The number of hydrogen-bond donors (Lipinski definition) is 1. The predicted molar refractivity (Wildman–Crippen MR) is 117 cm³/mol. The minimum absolute atomic E-state index is 0.238. The molecule has 0 fully saturated rings. The van der Waals surface area contributed by atoms with Gasteiger partial charge < -0.3 is 4.74 Å². The van der Waals surface area contributed by atoms with Crippen molar-refractivity contribution in [3.05, 3.63) is 103 Å². The monoisotopic (exact) mass is 414 g/mol. The van der Waals surface area contributed by atoms with Crippen molar-refractivity contribution in [3.8, 4) is 22.7 Å². The number of benzene rings is 3. The van der Waals surface area contributed by atoms with E-state index < -0.39 is 5.91 Å². The number of hydrazone groups is 1. The molecule has 0 radical (unpaired) electrons. The second-order valence-corrected chi connectivity index (χ2v) is 6.61. The number of ether oxygens (including phenoxy) is 1. The maximum absolute atomic E-state index is 12.9. The lowest BCUT2D eigenvalue weighted by molar-refractivity contribution is -0.123. The minimum atomic E-state index is -0.433. The summed E-state index contributed by atoms with van der Waals surface area (Å²) in [6.07, 6.45) is 3.40. The summed E-state index contributed by atoms with van der Waals surface area (Å²) >= 11 is 0. The molecule has 31 heavy (non-hydrogen) atoms. The molecule has 154 valence electrons. The van der Waals surface area contributed by atoms with Crippen molar-refractivity contribution < 1.29 is 13.9 Å². The molecule has 7 heteroatoms. The van der Waals surface area contributed by atoms with Crippen molar-refractivity contribution in [2.24, 2.45) is 5.10 Å². The van der Waals surface area contributed by atoms with Gasteiger partial charge in [-0.1, -0.05) is 48.5 Å². The van der Waals surface area contributed by atoms with E-state index in [-0.39, 0.29) is 12.4 Å². The van der Waals surface area contributed by atoms with E-state index in [1.165, 1.54) is 24.3 Å². The molecule has 0 unspecified atom stereocenters. The molecule has 1 N–H and O–H groups in total. The van der Waals surface area contributed by atoms with Gasteiger partial charge in [0, 0.05) is 17.3 Å². The van der Waals surface area contributed by atoms with Crippen LogP contribution >= 0.6 is 0 Å². The van der Waals surface area contributed by atoms with Gasteiger partial charge in [-0.2, -0.15) is 10.2 Å². The molecular formula is C24H19FN4O2. The second kappa shape index (κ2) is 9.49. The summed E-state index contributed by atoms with van der Waals surface area (Å²) in [6, 6.07) is 24.9. The Bertz CT molecular complexity index is 1170. The Labute approximate surface area is 178 Å². The summed E-state index contributed by atoms with van der Waals surface area (Å²) in [6.45, 7) is -0.238. The van der Waals surface area contributed by atoms with Crippen molar-refractivity contribution in [3.63, 3.8) is 0 Å². The summed E-state index contributed by atoms with van der Waals surface area (Å²) in [5.41, 5.74) is 5.77. The van der Waals surface area contributed by atoms with Gasteiger partial charge in [-0.05, 0) is 36.4 Å². The zero-order chi connectivity index (χ0) is 21.5. The van der Waals surface area contributed by atoms with Gasteiger partial charge in [0.2, 0.25) is 0 Å². The molecule has 0 spiro atoms. The Morgan fingerprint density at radius 1 is 1.00 bits per heavy atom. The maximum atomic E-state index is 12.9. The average Bonchev–Trinajstić information content (AvgIpc) is 3.24. The smallest absolute Gasteiger partial charge is 0.277 e. The SMILES string of the molecule is O=C(COc1ccc(F)cc1)N/N=C/c1cn(-c2ccccc2)nc1-c1ccccc1. The molecule has 0 atom stereocenters. The Morgan fingerprint density at radius 2 is 1.68 bits per heavy atom. The highest BCUT2D eigenvalue weighted by molar-refractivity contribution is 5.89. The van der Waals surface area contributed by atoms with Crippen LogP contribution in [0.2, 0.25) is 0 Å². The van der Waals surface area contributed by atoms with Crippen molar-refractivity contribution in [2.45, 2.75) is 0 Å². The van der Waals surface area contributed by atoms with Crippen LogP contribution in [0.3, 0.4) is 0 Å². The molecule has 0 bridgehead atoms. The Balaban J connectivity index is 1.47. The third kappa shape index (κ3) is 5.22. The largest absolute Gasteiger partial charge is 0.484 e. The molecule has 0 aliphatic carbocycles. The van der Waals surface area contributed by atoms with Crippen molar-refractivity contribution in [1.82, 2.24) is 15.2 Å². The maximum Gasteiger partial charge on any atom is 0.277 e. The van der Waals surface area contributed by atoms with Crippen LogP contribution in [0.5, 0.6) is 5.75 Å². The van der Waals surface area contributed by atoms with Gasteiger partial charge in [-0.25, -0.2) is 14.5 Å². The zero-order valence-electron chi connectivity index (χ0n) is 16.5. The van der Waals surface area contributed by atoms with Gasteiger partial charge in [0.15, 0.2) is 6.61 Å². The van der Waals surface area contributed by atoms with E-state index in [4.69, 9.17) is 4.74 Å². The van der Waals surface area contributed by atoms with Crippen LogP contribution in [-0.2, 0) is 4.79 Å². The molecule has 1 aromatic heterocycles. The topological polar surface area (TPSA) is 68.5 Å². The van der Waals surface area contributed by atoms with Crippen LogP contribution in [0.1, 0.15) is 5.56 Å². The van der Waals surface area contributed by atoms with E-state index in [0.717, 1.165) is 22.5 Å². The third-order valence-electron chi connectivity index (χ3n) is 4.39. The van der Waals surface area contributed by atoms with E-state index in [1.54, 1.807) is 10.9 Å². The molecular weight excluding hydrogens is 395 g/mol. The Hall–Kier alpha value is -4.26. The van der Waals surface area contributed by atoms with E-state index in [9.17, 15) is 9.18 Å². The van der Waals surface area contributed by atoms with Crippen molar-refractivity contribution in [2.75, 3.05) is 6.61 Å².